The molecule has 0 saturated heterocycles. The summed E-state index contributed by atoms with van der Waals surface area (Å²) in [5.74, 6) is -0.00276. The van der Waals surface area contributed by atoms with Gasteiger partial charge in [0.15, 0.2) is 0 Å². The van der Waals surface area contributed by atoms with Crippen molar-refractivity contribution in [2.75, 3.05) is 13.2 Å². The Morgan fingerprint density at radius 2 is 0.526 bits per heavy atom. The molecule has 0 saturated carbocycles. The first-order chi connectivity index (χ1) is 38.5. The molecule has 0 aromatic heterocycles. The maximum absolute atomic E-state index is 12.5. The van der Waals surface area contributed by atoms with Crippen LogP contribution in [0, 0.1) is 0 Å². The van der Waals surface area contributed by atoms with E-state index in [4.69, 9.17) is 4.74 Å². The zero-order valence-electron chi connectivity index (χ0n) is 53.4. The summed E-state index contributed by atoms with van der Waals surface area (Å²) >= 11 is 0. The molecular weight excluding hydrogens is 959 g/mol. The van der Waals surface area contributed by atoms with Gasteiger partial charge in [-0.2, -0.15) is 0 Å². The number of unbranched alkanes of at least 4 members (excludes halogenated alkanes) is 58. The van der Waals surface area contributed by atoms with Gasteiger partial charge in [0.05, 0.1) is 25.4 Å². The van der Waals surface area contributed by atoms with Crippen molar-refractivity contribution in [3.05, 3.63) is 0 Å². The van der Waals surface area contributed by atoms with Gasteiger partial charge in [-0.15, -0.1) is 0 Å². The lowest BCUT2D eigenvalue weighted by atomic mass is 10.0. The van der Waals surface area contributed by atoms with Crippen molar-refractivity contribution < 1.29 is 24.5 Å². The van der Waals surface area contributed by atoms with Crippen LogP contribution in [0.3, 0.4) is 0 Å². The third-order valence-corrected chi connectivity index (χ3v) is 17.4. The standard InChI is InChI=1S/C72H143NO5/c1-3-5-7-9-11-13-15-17-19-33-38-42-46-50-54-58-62-66-72(77)78-67-63-59-55-51-47-43-39-35-32-30-28-26-24-22-20-21-23-25-27-29-31-34-37-41-45-49-53-57-61-65-71(76)73-69(68-74)70(75)64-60-56-52-48-44-40-36-18-16-14-12-10-8-6-4-2/h69-70,74-75H,3-68H2,1-2H3,(H,73,76). The molecule has 0 aromatic carbocycles. The average Bonchev–Trinajstić information content (AvgIpc) is 3.44. The van der Waals surface area contributed by atoms with Crippen LogP contribution in [0.15, 0.2) is 0 Å². The van der Waals surface area contributed by atoms with Crippen molar-refractivity contribution in [1.29, 1.82) is 0 Å². The summed E-state index contributed by atoms with van der Waals surface area (Å²) in [6.07, 6.45) is 83.1. The lowest BCUT2D eigenvalue weighted by molar-refractivity contribution is -0.143. The van der Waals surface area contributed by atoms with E-state index in [0.29, 0.717) is 25.9 Å². The fraction of sp³-hybridized carbons (Fsp3) is 0.972. The van der Waals surface area contributed by atoms with Gasteiger partial charge in [0.25, 0.3) is 0 Å². The van der Waals surface area contributed by atoms with Crippen LogP contribution in [0.2, 0.25) is 0 Å². The van der Waals surface area contributed by atoms with Gasteiger partial charge in [-0.05, 0) is 25.7 Å². The van der Waals surface area contributed by atoms with Gasteiger partial charge in [0, 0.05) is 12.8 Å². The van der Waals surface area contributed by atoms with Gasteiger partial charge < -0.3 is 20.3 Å². The number of carbonyl (C=O) groups is 2. The molecule has 78 heavy (non-hydrogen) atoms. The van der Waals surface area contributed by atoms with Crippen molar-refractivity contribution in [1.82, 2.24) is 5.32 Å². The Bertz CT molecular complexity index is 1130. The number of rotatable bonds is 69. The predicted octanol–water partition coefficient (Wildman–Crippen LogP) is 23.4. The number of amides is 1. The predicted molar refractivity (Wildman–Crippen MR) is 343 cm³/mol. The quantitative estimate of drug-likeness (QED) is 0.0417. The summed E-state index contributed by atoms with van der Waals surface area (Å²) in [7, 11) is 0. The topological polar surface area (TPSA) is 95.9 Å². The van der Waals surface area contributed by atoms with Crippen molar-refractivity contribution in [3.8, 4) is 0 Å². The molecule has 0 aliphatic heterocycles. The molecule has 3 N–H and O–H groups in total. The fourth-order valence-electron chi connectivity index (χ4n) is 11.9. The van der Waals surface area contributed by atoms with E-state index < -0.39 is 12.1 Å². The van der Waals surface area contributed by atoms with E-state index in [1.54, 1.807) is 0 Å². The van der Waals surface area contributed by atoms with Crippen LogP contribution in [0.4, 0.5) is 0 Å². The molecule has 0 fully saturated rings. The van der Waals surface area contributed by atoms with Crippen LogP contribution < -0.4 is 5.32 Å². The zero-order valence-corrected chi connectivity index (χ0v) is 53.4. The summed E-state index contributed by atoms with van der Waals surface area (Å²) in [5, 5.41) is 23.3. The largest absolute Gasteiger partial charge is 0.466 e. The summed E-state index contributed by atoms with van der Waals surface area (Å²) in [6.45, 7) is 5.01. The molecule has 0 rings (SSSR count). The van der Waals surface area contributed by atoms with Gasteiger partial charge in [-0.1, -0.05) is 386 Å². The van der Waals surface area contributed by atoms with Crippen LogP contribution in [0.1, 0.15) is 425 Å². The average molecular weight is 1100 g/mol. The fourth-order valence-corrected chi connectivity index (χ4v) is 11.9. The molecule has 0 aromatic rings. The van der Waals surface area contributed by atoms with Gasteiger partial charge in [0.1, 0.15) is 0 Å². The normalized spacial score (nSPS) is 12.4. The Kier molecular flexibility index (Phi) is 67.4. The summed E-state index contributed by atoms with van der Waals surface area (Å²) in [5.41, 5.74) is 0. The van der Waals surface area contributed by atoms with Gasteiger partial charge in [0.2, 0.25) is 5.91 Å². The van der Waals surface area contributed by atoms with Gasteiger partial charge in [-0.3, -0.25) is 9.59 Å². The Labute approximate surface area is 489 Å². The SMILES string of the molecule is CCCCCCCCCCCCCCCCCCCC(=O)OCCCCCCCCCCCCCCCCCCCCCCCCCCCCCCCC(=O)NC(CO)C(O)CCCCCCCCCCCCCCCCC. The smallest absolute Gasteiger partial charge is 0.305 e. The van der Waals surface area contributed by atoms with E-state index in [-0.39, 0.29) is 18.5 Å². The first kappa shape index (κ1) is 76.9. The van der Waals surface area contributed by atoms with E-state index in [1.807, 2.05) is 0 Å². The minimum absolute atomic E-state index is 0.0248. The number of aliphatic hydroxyl groups is 2. The number of hydrogen-bond donors (Lipinski definition) is 3. The minimum atomic E-state index is -0.660. The molecule has 2 unspecified atom stereocenters. The minimum Gasteiger partial charge on any atom is -0.466 e. The molecule has 466 valence electrons. The van der Waals surface area contributed by atoms with Crippen LogP contribution in [-0.2, 0) is 14.3 Å². The molecule has 6 nitrogen and oxygen atoms in total. The summed E-state index contributed by atoms with van der Waals surface area (Å²) in [4.78, 5) is 24.6. The molecular formula is C72H143NO5. The lowest BCUT2D eigenvalue weighted by Gasteiger charge is -2.22. The second kappa shape index (κ2) is 68.4. The first-order valence-corrected chi connectivity index (χ1v) is 36.3. The molecule has 0 spiro atoms. The highest BCUT2D eigenvalue weighted by Gasteiger charge is 2.20. The van der Waals surface area contributed by atoms with Gasteiger partial charge in [-0.25, -0.2) is 0 Å². The first-order valence-electron chi connectivity index (χ1n) is 36.3. The second-order valence-corrected chi connectivity index (χ2v) is 25.3. The molecule has 1 amide bonds. The number of aliphatic hydroxyl groups excluding tert-OH is 2. The Balaban J connectivity index is 3.30. The highest BCUT2D eigenvalue weighted by atomic mass is 16.5. The Morgan fingerprint density at radius 1 is 0.308 bits per heavy atom. The molecule has 6 heteroatoms. The molecule has 0 heterocycles. The van der Waals surface area contributed by atoms with Crippen molar-refractivity contribution in [2.24, 2.45) is 0 Å². The van der Waals surface area contributed by atoms with E-state index in [1.165, 1.54) is 353 Å². The second-order valence-electron chi connectivity index (χ2n) is 25.3. The number of hydrogen-bond acceptors (Lipinski definition) is 5. The number of esters is 1. The number of carbonyl (C=O) groups excluding carboxylic acids is 2. The lowest BCUT2D eigenvalue weighted by Crippen LogP contribution is -2.45. The zero-order chi connectivity index (χ0) is 56.4. The maximum atomic E-state index is 12.5. The van der Waals surface area contributed by atoms with Crippen LogP contribution >= 0.6 is 0 Å². The van der Waals surface area contributed by atoms with E-state index in [9.17, 15) is 19.8 Å². The van der Waals surface area contributed by atoms with E-state index in [2.05, 4.69) is 19.2 Å². The summed E-state index contributed by atoms with van der Waals surface area (Å²) in [6, 6.07) is -0.537. The third kappa shape index (κ3) is 64.0. The van der Waals surface area contributed by atoms with Crippen molar-refractivity contribution in [2.45, 2.75) is 437 Å². The monoisotopic (exact) mass is 1100 g/mol. The highest BCUT2D eigenvalue weighted by molar-refractivity contribution is 5.76. The number of ether oxygens (including phenoxy) is 1. The molecule has 0 bridgehead atoms. The molecule has 2 atom stereocenters. The number of nitrogens with one attached hydrogen (secondary N) is 1. The van der Waals surface area contributed by atoms with Gasteiger partial charge >= 0.3 is 5.97 Å². The van der Waals surface area contributed by atoms with Crippen LogP contribution in [0.5, 0.6) is 0 Å². The highest BCUT2D eigenvalue weighted by Crippen LogP contribution is 2.20. The van der Waals surface area contributed by atoms with Crippen molar-refractivity contribution in [3.63, 3.8) is 0 Å². The maximum Gasteiger partial charge on any atom is 0.305 e. The van der Waals surface area contributed by atoms with Crippen molar-refractivity contribution >= 4 is 11.9 Å². The Hall–Kier alpha value is -1.14. The molecule has 0 aliphatic carbocycles. The van der Waals surface area contributed by atoms with Crippen LogP contribution in [-0.4, -0.2) is 47.4 Å². The van der Waals surface area contributed by atoms with Crippen LogP contribution in [0.25, 0.3) is 0 Å². The van der Waals surface area contributed by atoms with E-state index in [0.717, 1.165) is 38.5 Å². The van der Waals surface area contributed by atoms with E-state index >= 15 is 0 Å². The molecule has 0 radical (unpaired) electrons. The molecule has 0 aliphatic rings. The third-order valence-electron chi connectivity index (χ3n) is 17.4. The summed E-state index contributed by atoms with van der Waals surface area (Å²) < 4.78 is 5.51. The Morgan fingerprint density at radius 3 is 0.782 bits per heavy atom.